The van der Waals surface area contributed by atoms with E-state index in [1.54, 1.807) is 6.07 Å². The summed E-state index contributed by atoms with van der Waals surface area (Å²) in [4.78, 5) is 51.6. The predicted molar refractivity (Wildman–Crippen MR) is 115 cm³/mol. The molecular weight excluding hydrogens is 487 g/mol. The summed E-state index contributed by atoms with van der Waals surface area (Å²) in [5.74, 6) is -8.05. The number of pyridine rings is 1. The number of aryl methyl sites for hydroxylation is 1. The van der Waals surface area contributed by atoms with Crippen molar-refractivity contribution in [1.82, 2.24) is 10.3 Å². The van der Waals surface area contributed by atoms with Gasteiger partial charge in [0.25, 0.3) is 0 Å². The number of carbonyl (C=O) groups excluding carboxylic acids is 4. The summed E-state index contributed by atoms with van der Waals surface area (Å²) in [5, 5.41) is 2.24. The molecule has 1 unspecified atom stereocenters. The second-order valence-electron chi connectivity index (χ2n) is 8.65. The summed E-state index contributed by atoms with van der Waals surface area (Å²) >= 11 is 0. The van der Waals surface area contributed by atoms with E-state index in [0.29, 0.717) is 28.3 Å². The summed E-state index contributed by atoms with van der Waals surface area (Å²) in [6.45, 7) is 0. The molecule has 0 radical (unpaired) electrons. The minimum absolute atomic E-state index is 0.136. The Kier molecular flexibility index (Phi) is 6.59. The van der Waals surface area contributed by atoms with Crippen molar-refractivity contribution in [2.75, 3.05) is 0 Å². The smallest absolute Gasteiger partial charge is 0.296 e. The van der Waals surface area contributed by atoms with Gasteiger partial charge in [-0.2, -0.15) is 22.0 Å². The van der Waals surface area contributed by atoms with Crippen LogP contribution in [0.5, 0.6) is 0 Å². The molecule has 1 atom stereocenters. The van der Waals surface area contributed by atoms with E-state index < -0.39 is 53.3 Å². The number of halogens is 5. The maximum absolute atomic E-state index is 14.7. The van der Waals surface area contributed by atoms with Gasteiger partial charge in [0.05, 0.1) is 11.5 Å². The van der Waals surface area contributed by atoms with E-state index in [0.717, 1.165) is 12.3 Å². The average molecular weight is 506 g/mol. The van der Waals surface area contributed by atoms with Crippen LogP contribution in [0.15, 0.2) is 48.2 Å². The van der Waals surface area contributed by atoms with Crippen molar-refractivity contribution in [3.63, 3.8) is 0 Å². The van der Waals surface area contributed by atoms with Gasteiger partial charge in [0.1, 0.15) is 5.69 Å². The predicted octanol–water partition coefficient (Wildman–Crippen LogP) is 4.11. The first-order valence-electron chi connectivity index (χ1n) is 11.0. The van der Waals surface area contributed by atoms with Gasteiger partial charge in [0, 0.05) is 24.6 Å². The van der Waals surface area contributed by atoms with Crippen LogP contribution in [0.1, 0.15) is 52.0 Å². The average Bonchev–Trinajstić information content (AvgIpc) is 2.81. The molecular formula is C25H19F5N2O4. The zero-order valence-corrected chi connectivity index (χ0v) is 18.6. The maximum atomic E-state index is 14.7. The van der Waals surface area contributed by atoms with Gasteiger partial charge in [-0.1, -0.05) is 18.2 Å². The van der Waals surface area contributed by atoms with Crippen LogP contribution in [0.4, 0.5) is 22.0 Å². The summed E-state index contributed by atoms with van der Waals surface area (Å²) in [6.07, 6.45) is -3.34. The molecule has 188 valence electrons. The largest absolute Gasteiger partial charge is 0.418 e. The fourth-order valence-electron chi connectivity index (χ4n) is 4.41. The quantitative estimate of drug-likeness (QED) is 0.470. The number of carbonyl (C=O) groups is 4. The molecule has 2 aromatic rings. The molecule has 1 aromatic carbocycles. The number of ketones is 2. The Morgan fingerprint density at radius 1 is 1.08 bits per heavy atom. The SMILES string of the molecule is O=C1CCC(C2=CC(=O)c3ccc(CCC(=O)C(F)(F)c4ncccc4C(F)(F)F)cc3C2)C(=O)N1. The molecule has 0 saturated carbocycles. The lowest BCUT2D eigenvalue weighted by Gasteiger charge is -2.26. The topological polar surface area (TPSA) is 93.2 Å². The second kappa shape index (κ2) is 9.36. The van der Waals surface area contributed by atoms with Crippen LogP contribution < -0.4 is 5.32 Å². The highest BCUT2D eigenvalue weighted by Gasteiger charge is 2.48. The van der Waals surface area contributed by atoms with Gasteiger partial charge in [-0.25, -0.2) is 0 Å². The fraction of sp³-hybridized carbons (Fsp3) is 0.320. The Labute approximate surface area is 201 Å². The van der Waals surface area contributed by atoms with Crippen LogP contribution in [0.25, 0.3) is 0 Å². The van der Waals surface area contributed by atoms with Gasteiger partial charge in [-0.3, -0.25) is 29.5 Å². The van der Waals surface area contributed by atoms with Gasteiger partial charge in [0.15, 0.2) is 5.78 Å². The second-order valence-corrected chi connectivity index (χ2v) is 8.65. The number of hydrogen-bond donors (Lipinski definition) is 1. The number of alkyl halides is 5. The third-order valence-corrected chi connectivity index (χ3v) is 6.23. The number of aromatic nitrogens is 1. The Bertz CT molecular complexity index is 1300. The summed E-state index contributed by atoms with van der Waals surface area (Å²) in [5.41, 5.74) is -1.49. The van der Waals surface area contributed by atoms with Crippen LogP contribution in [0.2, 0.25) is 0 Å². The standard InChI is InChI=1S/C25H19F5N2O4/c26-24(27,22-18(25(28,29)30)2-1-9-31-22)20(34)7-4-13-3-5-16-14(10-13)11-15(12-19(16)33)17-6-8-21(35)32-23(17)36/h1-3,5,9-10,12,17H,4,6-8,11H2,(H,32,35,36). The number of fused-ring (bicyclic) bond motifs is 1. The highest BCUT2D eigenvalue weighted by molar-refractivity contribution is 6.08. The molecule has 0 bridgehead atoms. The molecule has 6 nitrogen and oxygen atoms in total. The Hall–Kier alpha value is -3.76. The van der Waals surface area contributed by atoms with Crippen LogP contribution in [0.3, 0.4) is 0 Å². The number of hydrogen-bond acceptors (Lipinski definition) is 5. The Morgan fingerprint density at radius 3 is 2.53 bits per heavy atom. The number of nitrogens with zero attached hydrogens (tertiary/aromatic N) is 1. The molecule has 2 aliphatic rings. The molecule has 2 amide bonds. The van der Waals surface area contributed by atoms with Crippen molar-refractivity contribution in [3.05, 3.63) is 76.1 Å². The van der Waals surface area contributed by atoms with Crippen molar-refractivity contribution in [2.24, 2.45) is 5.92 Å². The van der Waals surface area contributed by atoms with Gasteiger partial charge < -0.3 is 0 Å². The maximum Gasteiger partial charge on any atom is 0.418 e. The summed E-state index contributed by atoms with van der Waals surface area (Å²) < 4.78 is 68.7. The Morgan fingerprint density at radius 2 is 1.83 bits per heavy atom. The number of piperidine rings is 1. The molecule has 2 heterocycles. The van der Waals surface area contributed by atoms with Crippen LogP contribution >= 0.6 is 0 Å². The van der Waals surface area contributed by atoms with Gasteiger partial charge in [-0.05, 0) is 54.2 Å². The molecule has 1 aliphatic heterocycles. The molecule has 4 rings (SSSR count). The van der Waals surface area contributed by atoms with E-state index in [9.17, 15) is 41.1 Å². The van der Waals surface area contributed by atoms with E-state index in [1.165, 1.54) is 18.2 Å². The Balaban J connectivity index is 1.49. The normalized spacial score (nSPS) is 18.4. The van der Waals surface area contributed by atoms with Gasteiger partial charge >= 0.3 is 12.1 Å². The first-order valence-corrected chi connectivity index (χ1v) is 11.0. The number of benzene rings is 1. The molecule has 0 spiro atoms. The zero-order valence-electron chi connectivity index (χ0n) is 18.6. The lowest BCUT2D eigenvalue weighted by molar-refractivity contribution is -0.152. The van der Waals surface area contributed by atoms with Crippen molar-refractivity contribution in [3.8, 4) is 0 Å². The van der Waals surface area contributed by atoms with Crippen molar-refractivity contribution < 1.29 is 41.1 Å². The van der Waals surface area contributed by atoms with Crippen LogP contribution in [-0.2, 0) is 39.3 Å². The molecule has 36 heavy (non-hydrogen) atoms. The fourth-order valence-corrected chi connectivity index (χ4v) is 4.41. The minimum Gasteiger partial charge on any atom is -0.296 e. The van der Waals surface area contributed by atoms with E-state index in [-0.39, 0.29) is 31.5 Å². The van der Waals surface area contributed by atoms with Gasteiger partial charge in [-0.15, -0.1) is 0 Å². The van der Waals surface area contributed by atoms with Crippen LogP contribution in [-0.4, -0.2) is 28.4 Å². The minimum atomic E-state index is -5.11. The lowest BCUT2D eigenvalue weighted by Crippen LogP contribution is -2.42. The molecule has 1 saturated heterocycles. The summed E-state index contributed by atoms with van der Waals surface area (Å²) in [6, 6.07) is 5.82. The number of imide groups is 1. The first kappa shape index (κ1) is 25.3. The molecule has 1 aromatic heterocycles. The van der Waals surface area contributed by atoms with Crippen LogP contribution in [0, 0.1) is 5.92 Å². The lowest BCUT2D eigenvalue weighted by atomic mass is 9.80. The van der Waals surface area contributed by atoms with Crippen molar-refractivity contribution in [2.45, 2.75) is 44.2 Å². The van der Waals surface area contributed by atoms with Gasteiger partial charge in [0.2, 0.25) is 17.6 Å². The number of nitrogens with one attached hydrogen (secondary N) is 1. The first-order chi connectivity index (χ1) is 16.9. The van der Waals surface area contributed by atoms with E-state index in [4.69, 9.17) is 0 Å². The van der Waals surface area contributed by atoms with Crippen molar-refractivity contribution in [1.29, 1.82) is 0 Å². The number of Topliss-reactive ketones (excluding diaryl/α,β-unsaturated/α-hetero) is 1. The zero-order chi connectivity index (χ0) is 26.3. The number of amides is 2. The number of allylic oxidation sites excluding steroid dienone is 1. The monoisotopic (exact) mass is 506 g/mol. The summed E-state index contributed by atoms with van der Waals surface area (Å²) in [7, 11) is 0. The molecule has 11 heteroatoms. The highest BCUT2D eigenvalue weighted by Crippen LogP contribution is 2.39. The van der Waals surface area contributed by atoms with Crippen molar-refractivity contribution >= 4 is 23.4 Å². The molecule has 1 fully saturated rings. The number of rotatable bonds is 6. The highest BCUT2D eigenvalue weighted by atomic mass is 19.4. The molecule has 1 N–H and O–H groups in total. The molecule has 1 aliphatic carbocycles. The third-order valence-electron chi connectivity index (χ3n) is 6.23. The van der Waals surface area contributed by atoms with E-state index >= 15 is 0 Å². The third kappa shape index (κ3) is 4.95. The van der Waals surface area contributed by atoms with E-state index in [1.807, 2.05) is 0 Å². The van der Waals surface area contributed by atoms with E-state index in [2.05, 4.69) is 10.3 Å².